The van der Waals surface area contributed by atoms with Gasteiger partial charge in [-0.15, -0.1) is 0 Å². The summed E-state index contributed by atoms with van der Waals surface area (Å²) in [5, 5.41) is 0.0223. The molecule has 6 rings (SSSR count). The predicted molar refractivity (Wildman–Crippen MR) is 311 cm³/mol. The van der Waals surface area contributed by atoms with Crippen LogP contribution in [0.25, 0.3) is 0 Å². The first-order chi connectivity index (χ1) is 35.6. The van der Waals surface area contributed by atoms with Crippen LogP contribution in [0.1, 0.15) is 151 Å². The average molecular weight is 1070 g/mol. The van der Waals surface area contributed by atoms with Gasteiger partial charge in [0.2, 0.25) is 0 Å². The second-order valence-corrected chi connectivity index (χ2v) is 35.2. The van der Waals surface area contributed by atoms with E-state index >= 15 is 0 Å². The van der Waals surface area contributed by atoms with Crippen LogP contribution in [0, 0.1) is 11.8 Å². The average Bonchev–Trinajstić information content (AvgIpc) is 3.43. The molecular formula is C64H100O9Si2. The van der Waals surface area contributed by atoms with Crippen molar-refractivity contribution in [2.45, 2.75) is 237 Å². The molecule has 0 spiro atoms. The minimum Gasteiger partial charge on any atom is -0.497 e. The van der Waals surface area contributed by atoms with Crippen LogP contribution in [-0.2, 0) is 57.1 Å². The maximum absolute atomic E-state index is 7.60. The molecule has 3 aliphatic heterocycles. The van der Waals surface area contributed by atoms with E-state index in [9.17, 15) is 0 Å². The van der Waals surface area contributed by atoms with Crippen LogP contribution in [0.4, 0.5) is 0 Å². The van der Waals surface area contributed by atoms with E-state index in [2.05, 4.69) is 181 Å². The van der Waals surface area contributed by atoms with Gasteiger partial charge in [-0.05, 0) is 133 Å². The fourth-order valence-electron chi connectivity index (χ4n) is 12.1. The molecule has 0 aromatic heterocycles. The summed E-state index contributed by atoms with van der Waals surface area (Å²) >= 11 is 0. The molecule has 3 aromatic rings. The second kappa shape index (κ2) is 28.2. The smallest absolute Gasteiger partial charge is 0.200 e. The normalized spacial score (nSPS) is 27.0. The van der Waals surface area contributed by atoms with Gasteiger partial charge < -0.3 is 42.0 Å². The summed E-state index contributed by atoms with van der Waals surface area (Å²) in [6, 6.07) is 29.1. The summed E-state index contributed by atoms with van der Waals surface area (Å²) in [7, 11) is -2.64. The standard InChI is InChI=1S/C64H100O9Si2/c1-46(2)75(47(3)4,48(5)6)69-39-37-58-60(68-45-53-30-32-54(65-13)33-31-53)40-49(7)42-64(12)61(70-58)35-34-55(72-64)41-50(8)62-59(73-74(14,15)63(9,10)11)29-23-22-28-56(67-44-52-26-20-17-21-27-52)57(71-62)36-38-66-43-51-24-18-16-19-25-51/h16-27,30-34,46-50,56-62H,28-29,35-45H2,1-15H3/b23-22-/t49-,50+,56-,57+,58-,59+,60+,61+,62-,64-/m1/s1. The highest BCUT2D eigenvalue weighted by atomic mass is 28.4. The maximum Gasteiger partial charge on any atom is 0.200 e. The third-order valence-electron chi connectivity index (χ3n) is 17.1. The Morgan fingerprint density at radius 3 is 1.80 bits per heavy atom. The molecular weight excluding hydrogens is 969 g/mol. The van der Waals surface area contributed by atoms with E-state index in [4.69, 9.17) is 42.0 Å². The lowest BCUT2D eigenvalue weighted by Crippen LogP contribution is -2.53. The van der Waals surface area contributed by atoms with Gasteiger partial charge in [0.25, 0.3) is 0 Å². The predicted octanol–water partition coefficient (Wildman–Crippen LogP) is 16.1. The first-order valence-electron chi connectivity index (χ1n) is 28.8. The molecule has 0 aliphatic carbocycles. The molecule has 0 radical (unpaired) electrons. The molecule has 3 aliphatic rings. The molecule has 10 atom stereocenters. The van der Waals surface area contributed by atoms with Crippen LogP contribution in [-0.4, -0.2) is 85.3 Å². The van der Waals surface area contributed by atoms with Crippen LogP contribution in [0.3, 0.4) is 0 Å². The number of hydrogen-bond donors (Lipinski definition) is 0. The van der Waals surface area contributed by atoms with Crippen molar-refractivity contribution in [3.05, 3.63) is 126 Å². The quantitative estimate of drug-likeness (QED) is 0.0495. The summed E-state index contributed by atoms with van der Waals surface area (Å²) in [5.41, 5.74) is 4.39. The SMILES string of the molecule is COc1ccc(CO[C@H]2C[C@@H](C)C[C@@]3(C)OC(C[C@H](C)[C@H]4O[C@@H](CCOCc5ccccc5)[C@H](OCc5ccccc5)C/C=C\C[C@@H]4O[Si](C)(C)C(C)(C)C)=CC[C@@H]3O[C@@H]2CCO[Si](C(C)C)(C(C)C)C(C)C)cc1. The van der Waals surface area contributed by atoms with E-state index in [1.54, 1.807) is 7.11 Å². The van der Waals surface area contributed by atoms with Crippen molar-refractivity contribution in [2.75, 3.05) is 20.3 Å². The van der Waals surface area contributed by atoms with Gasteiger partial charge >= 0.3 is 0 Å². The number of allylic oxidation sites excluding steroid dienone is 1. The molecule has 11 heteroatoms. The molecule has 0 unspecified atom stereocenters. The largest absolute Gasteiger partial charge is 0.497 e. The van der Waals surface area contributed by atoms with Gasteiger partial charge in [-0.25, -0.2) is 0 Å². The first-order valence-corrected chi connectivity index (χ1v) is 33.9. The number of rotatable bonds is 24. The van der Waals surface area contributed by atoms with E-state index in [0.29, 0.717) is 68.4 Å². The topological polar surface area (TPSA) is 83.1 Å². The summed E-state index contributed by atoms with van der Waals surface area (Å²) in [5.74, 6) is 2.23. The second-order valence-electron chi connectivity index (χ2n) is 25.0. The van der Waals surface area contributed by atoms with E-state index < -0.39 is 22.2 Å². The number of ether oxygens (including phenoxy) is 7. The highest BCUT2D eigenvalue weighted by Gasteiger charge is 2.49. The third-order valence-corrected chi connectivity index (χ3v) is 27.8. The number of hydrogen-bond acceptors (Lipinski definition) is 9. The van der Waals surface area contributed by atoms with Crippen molar-refractivity contribution >= 4 is 16.6 Å². The summed E-state index contributed by atoms with van der Waals surface area (Å²) < 4.78 is 62.7. The molecule has 0 N–H and O–H groups in total. The Labute approximate surface area is 457 Å². The van der Waals surface area contributed by atoms with E-state index in [0.717, 1.165) is 66.7 Å². The van der Waals surface area contributed by atoms with Crippen molar-refractivity contribution in [3.63, 3.8) is 0 Å². The molecule has 1 saturated heterocycles. The molecule has 3 aromatic carbocycles. The van der Waals surface area contributed by atoms with Gasteiger partial charge in [-0.1, -0.05) is 161 Å². The minimum absolute atomic E-state index is 0.0223. The molecule has 0 bridgehead atoms. The van der Waals surface area contributed by atoms with E-state index in [-0.39, 0.29) is 53.7 Å². The zero-order valence-corrected chi connectivity index (χ0v) is 51.1. The summed E-state index contributed by atoms with van der Waals surface area (Å²) in [6.45, 7) is 35.6. The highest BCUT2D eigenvalue weighted by Crippen LogP contribution is 2.46. The number of benzene rings is 3. The fraction of sp³-hybridized carbons (Fsp3) is 0.656. The zero-order valence-electron chi connectivity index (χ0n) is 49.1. The Morgan fingerprint density at radius 2 is 1.21 bits per heavy atom. The summed E-state index contributed by atoms with van der Waals surface area (Å²) in [6.07, 6.45) is 11.8. The van der Waals surface area contributed by atoms with Crippen molar-refractivity contribution < 1.29 is 42.0 Å². The molecule has 418 valence electrons. The van der Waals surface area contributed by atoms with Crippen molar-refractivity contribution in [2.24, 2.45) is 11.8 Å². The van der Waals surface area contributed by atoms with Crippen molar-refractivity contribution in [1.82, 2.24) is 0 Å². The summed E-state index contributed by atoms with van der Waals surface area (Å²) in [4.78, 5) is 0. The minimum atomic E-state index is -2.24. The Bertz CT molecular complexity index is 2150. The Balaban J connectivity index is 1.27. The van der Waals surface area contributed by atoms with Gasteiger partial charge in [0.05, 0.1) is 69.3 Å². The number of fused-ring (bicyclic) bond motifs is 1. The van der Waals surface area contributed by atoms with Crippen LogP contribution in [0.2, 0.25) is 34.8 Å². The van der Waals surface area contributed by atoms with E-state index in [1.165, 1.54) is 0 Å². The van der Waals surface area contributed by atoms with Crippen LogP contribution in [0.5, 0.6) is 5.75 Å². The van der Waals surface area contributed by atoms with Gasteiger partial charge in [0.15, 0.2) is 16.6 Å². The molecule has 9 nitrogen and oxygen atoms in total. The lowest BCUT2D eigenvalue weighted by molar-refractivity contribution is -0.202. The lowest BCUT2D eigenvalue weighted by atomic mass is 9.80. The molecule has 0 amide bonds. The van der Waals surface area contributed by atoms with Gasteiger partial charge in [-0.3, -0.25) is 0 Å². The lowest BCUT2D eigenvalue weighted by Gasteiger charge is -2.48. The molecule has 0 saturated carbocycles. The van der Waals surface area contributed by atoms with Crippen molar-refractivity contribution in [1.29, 1.82) is 0 Å². The van der Waals surface area contributed by atoms with Crippen LogP contribution in [0.15, 0.2) is 109 Å². The molecule has 1 fully saturated rings. The number of methoxy groups -OCH3 is 1. The zero-order chi connectivity index (χ0) is 54.4. The third kappa shape index (κ3) is 17.0. The Kier molecular flexibility index (Phi) is 22.9. The molecule has 3 heterocycles. The van der Waals surface area contributed by atoms with Crippen LogP contribution < -0.4 is 4.74 Å². The van der Waals surface area contributed by atoms with Gasteiger partial charge in [0, 0.05) is 19.6 Å². The fourth-order valence-corrected chi connectivity index (χ4v) is 18.9. The van der Waals surface area contributed by atoms with Crippen molar-refractivity contribution in [3.8, 4) is 5.75 Å². The maximum atomic E-state index is 7.60. The van der Waals surface area contributed by atoms with Crippen LogP contribution >= 0.6 is 0 Å². The van der Waals surface area contributed by atoms with Gasteiger partial charge in [0.1, 0.15) is 17.5 Å². The molecule has 75 heavy (non-hydrogen) atoms. The first kappa shape index (κ1) is 61.1. The Hall–Kier alpha value is -3.11. The Morgan fingerprint density at radius 1 is 0.667 bits per heavy atom. The highest BCUT2D eigenvalue weighted by molar-refractivity contribution is 6.77. The van der Waals surface area contributed by atoms with E-state index in [1.807, 2.05) is 18.2 Å². The monoisotopic (exact) mass is 1070 g/mol. The van der Waals surface area contributed by atoms with Gasteiger partial charge in [-0.2, -0.15) is 0 Å².